The second-order valence-corrected chi connectivity index (χ2v) is 7.83. The molecule has 152 valence electrons. The summed E-state index contributed by atoms with van der Waals surface area (Å²) in [6.07, 6.45) is 3.19. The van der Waals surface area contributed by atoms with Crippen LogP contribution in [0.1, 0.15) is 41.2 Å². The largest absolute Gasteiger partial charge is 0.507 e. The molecule has 1 aliphatic rings. The normalized spacial score (nSPS) is 15.9. The highest BCUT2D eigenvalue weighted by atomic mass is 16.5. The quantitative estimate of drug-likeness (QED) is 0.467. The smallest absolute Gasteiger partial charge is 0.343 e. The van der Waals surface area contributed by atoms with E-state index in [-0.39, 0.29) is 23.2 Å². The first-order valence-electron chi connectivity index (χ1n) is 10.1. The van der Waals surface area contributed by atoms with Gasteiger partial charge in [0, 0.05) is 17.0 Å². The summed E-state index contributed by atoms with van der Waals surface area (Å²) in [6, 6.07) is 15.9. The predicted molar refractivity (Wildman–Crippen MR) is 114 cm³/mol. The van der Waals surface area contributed by atoms with E-state index in [9.17, 15) is 9.90 Å². The molecule has 0 amide bonds. The zero-order valence-corrected chi connectivity index (χ0v) is 16.9. The summed E-state index contributed by atoms with van der Waals surface area (Å²) < 4.78 is 17.7. The lowest BCUT2D eigenvalue weighted by Gasteiger charge is -2.26. The second kappa shape index (κ2) is 7.10. The molecular formula is C25H22O5. The van der Waals surface area contributed by atoms with Gasteiger partial charge < -0.3 is 18.7 Å². The monoisotopic (exact) mass is 402 g/mol. The van der Waals surface area contributed by atoms with Crippen molar-refractivity contribution in [1.29, 1.82) is 0 Å². The van der Waals surface area contributed by atoms with E-state index in [0.29, 0.717) is 16.9 Å². The lowest BCUT2D eigenvalue weighted by Crippen LogP contribution is -2.15. The minimum Gasteiger partial charge on any atom is -0.507 e. The molecule has 0 saturated carbocycles. The van der Waals surface area contributed by atoms with Crippen molar-refractivity contribution in [2.45, 2.75) is 39.2 Å². The molecule has 0 saturated heterocycles. The predicted octanol–water partition coefficient (Wildman–Crippen LogP) is 5.83. The molecule has 0 spiro atoms. The van der Waals surface area contributed by atoms with Gasteiger partial charge in [-0.3, -0.25) is 0 Å². The van der Waals surface area contributed by atoms with Crippen molar-refractivity contribution in [3.05, 3.63) is 81.2 Å². The molecule has 0 aliphatic heterocycles. The average Bonchev–Trinajstić information content (AvgIpc) is 3.18. The van der Waals surface area contributed by atoms with Gasteiger partial charge >= 0.3 is 5.63 Å². The van der Waals surface area contributed by atoms with Crippen LogP contribution in [0.25, 0.3) is 22.5 Å². The van der Waals surface area contributed by atoms with E-state index in [1.807, 2.05) is 18.2 Å². The van der Waals surface area contributed by atoms with Crippen molar-refractivity contribution in [1.82, 2.24) is 0 Å². The van der Waals surface area contributed by atoms with Crippen LogP contribution in [0.2, 0.25) is 0 Å². The number of rotatable bonds is 3. The van der Waals surface area contributed by atoms with Crippen LogP contribution in [0.15, 0.2) is 62.2 Å². The van der Waals surface area contributed by atoms with Gasteiger partial charge in [0.25, 0.3) is 0 Å². The Bertz CT molecular complexity index is 1310. The van der Waals surface area contributed by atoms with E-state index >= 15 is 0 Å². The number of ether oxygens (including phenoxy) is 1. The van der Waals surface area contributed by atoms with Crippen LogP contribution >= 0.6 is 0 Å². The van der Waals surface area contributed by atoms with Gasteiger partial charge in [0.15, 0.2) is 11.5 Å². The Morgan fingerprint density at radius 1 is 1.03 bits per heavy atom. The number of fused-ring (bicyclic) bond motifs is 2. The van der Waals surface area contributed by atoms with Gasteiger partial charge in [-0.2, -0.15) is 0 Å². The Hall–Kier alpha value is -3.47. The van der Waals surface area contributed by atoms with Crippen molar-refractivity contribution < 1.29 is 18.7 Å². The topological polar surface area (TPSA) is 72.8 Å². The number of aromatic hydroxyl groups is 1. The average molecular weight is 402 g/mol. The lowest BCUT2D eigenvalue weighted by atomic mass is 9.89. The second-order valence-electron chi connectivity index (χ2n) is 7.83. The molecule has 5 nitrogen and oxygen atoms in total. The van der Waals surface area contributed by atoms with Gasteiger partial charge in [0.05, 0.1) is 5.56 Å². The molecule has 0 bridgehead atoms. The van der Waals surface area contributed by atoms with Crippen molar-refractivity contribution in [3.63, 3.8) is 0 Å². The maximum atomic E-state index is 12.0. The van der Waals surface area contributed by atoms with E-state index in [1.54, 1.807) is 13.0 Å². The number of furan rings is 1. The zero-order valence-electron chi connectivity index (χ0n) is 16.9. The highest BCUT2D eigenvalue weighted by Crippen LogP contribution is 2.37. The first kappa shape index (κ1) is 18.6. The SMILES string of the molecule is Cc1c(-c2cc3ccc(OC4CCCc5ccccc54)cc3o2)oc(=O)c(C)c1O. The number of benzene rings is 2. The summed E-state index contributed by atoms with van der Waals surface area (Å²) in [5.74, 6) is 1.30. The Morgan fingerprint density at radius 3 is 2.73 bits per heavy atom. The summed E-state index contributed by atoms with van der Waals surface area (Å²) in [7, 11) is 0. The maximum Gasteiger partial charge on any atom is 0.343 e. The fourth-order valence-corrected chi connectivity index (χ4v) is 4.16. The molecular weight excluding hydrogens is 380 g/mol. The van der Waals surface area contributed by atoms with Gasteiger partial charge in [0.2, 0.25) is 0 Å². The van der Waals surface area contributed by atoms with Gasteiger partial charge in [-0.1, -0.05) is 24.3 Å². The van der Waals surface area contributed by atoms with Crippen LogP contribution in [0, 0.1) is 13.8 Å². The molecule has 0 radical (unpaired) electrons. The first-order valence-corrected chi connectivity index (χ1v) is 10.1. The third-order valence-corrected chi connectivity index (χ3v) is 5.86. The van der Waals surface area contributed by atoms with Gasteiger partial charge in [-0.25, -0.2) is 4.79 Å². The summed E-state index contributed by atoms with van der Waals surface area (Å²) in [5, 5.41) is 11.1. The molecule has 1 unspecified atom stereocenters. The zero-order chi connectivity index (χ0) is 20.8. The van der Waals surface area contributed by atoms with Crippen molar-refractivity contribution in [2.75, 3.05) is 0 Å². The summed E-state index contributed by atoms with van der Waals surface area (Å²) in [5.41, 5.74) is 3.32. The summed E-state index contributed by atoms with van der Waals surface area (Å²) in [4.78, 5) is 12.0. The summed E-state index contributed by atoms with van der Waals surface area (Å²) in [6.45, 7) is 3.23. The van der Waals surface area contributed by atoms with Gasteiger partial charge in [0.1, 0.15) is 23.2 Å². The Kier molecular flexibility index (Phi) is 4.39. The fourth-order valence-electron chi connectivity index (χ4n) is 4.16. The maximum absolute atomic E-state index is 12.0. The molecule has 2 heterocycles. The van der Waals surface area contributed by atoms with Crippen LogP contribution in [-0.2, 0) is 6.42 Å². The fraction of sp³-hybridized carbons (Fsp3) is 0.240. The Labute approximate surface area is 173 Å². The van der Waals surface area contributed by atoms with E-state index in [4.69, 9.17) is 13.6 Å². The van der Waals surface area contributed by atoms with Gasteiger partial charge in [-0.15, -0.1) is 0 Å². The van der Waals surface area contributed by atoms with E-state index in [2.05, 4.69) is 24.3 Å². The van der Waals surface area contributed by atoms with Crippen LogP contribution in [0.3, 0.4) is 0 Å². The molecule has 1 N–H and O–H groups in total. The molecule has 30 heavy (non-hydrogen) atoms. The molecule has 5 heteroatoms. The van der Waals surface area contributed by atoms with Crippen LogP contribution < -0.4 is 10.4 Å². The minimum atomic E-state index is -0.575. The molecule has 1 atom stereocenters. The highest BCUT2D eigenvalue weighted by Gasteiger charge is 2.22. The molecule has 5 rings (SSSR count). The number of hydrogen-bond donors (Lipinski definition) is 1. The Morgan fingerprint density at radius 2 is 1.87 bits per heavy atom. The van der Waals surface area contributed by atoms with Crippen molar-refractivity contribution in [3.8, 4) is 23.0 Å². The van der Waals surface area contributed by atoms with E-state index in [1.165, 1.54) is 18.1 Å². The molecule has 2 aromatic carbocycles. The van der Waals surface area contributed by atoms with Crippen molar-refractivity contribution >= 4 is 11.0 Å². The minimum absolute atomic E-state index is 0.0242. The van der Waals surface area contributed by atoms with E-state index in [0.717, 1.165) is 30.4 Å². The number of aryl methyl sites for hydroxylation is 1. The van der Waals surface area contributed by atoms with Crippen LogP contribution in [0.4, 0.5) is 0 Å². The third-order valence-electron chi connectivity index (χ3n) is 5.86. The number of hydrogen-bond acceptors (Lipinski definition) is 5. The van der Waals surface area contributed by atoms with E-state index < -0.39 is 5.63 Å². The molecule has 2 aromatic heterocycles. The third kappa shape index (κ3) is 3.07. The van der Waals surface area contributed by atoms with Crippen LogP contribution in [-0.4, -0.2) is 5.11 Å². The molecule has 1 aliphatic carbocycles. The molecule has 4 aromatic rings. The van der Waals surface area contributed by atoms with Gasteiger partial charge in [-0.05, 0) is 62.4 Å². The lowest BCUT2D eigenvalue weighted by molar-refractivity contribution is 0.183. The summed E-state index contributed by atoms with van der Waals surface area (Å²) >= 11 is 0. The first-order chi connectivity index (χ1) is 14.5. The standard InChI is InChI=1S/C25H22O5/c1-14-23(26)15(2)25(27)30-24(14)22-12-17-10-11-18(13-21(17)29-22)28-20-9-5-7-16-6-3-4-8-19(16)20/h3-4,6,8,10-13,20,26H,5,7,9H2,1-2H3. The molecule has 0 fully saturated rings. The van der Waals surface area contributed by atoms with Crippen molar-refractivity contribution in [2.24, 2.45) is 0 Å². The Balaban J connectivity index is 1.50. The highest BCUT2D eigenvalue weighted by molar-refractivity contribution is 5.83. The van der Waals surface area contributed by atoms with Crippen LogP contribution in [0.5, 0.6) is 11.5 Å².